The van der Waals surface area contributed by atoms with Gasteiger partial charge in [-0.3, -0.25) is 4.79 Å². The summed E-state index contributed by atoms with van der Waals surface area (Å²) in [5.74, 6) is -0.783. The number of carbonyl (C=O) groups excluding carboxylic acids is 1. The van der Waals surface area contributed by atoms with Crippen LogP contribution in [0.25, 0.3) is 0 Å². The normalized spacial score (nSPS) is 12.1. The van der Waals surface area contributed by atoms with Gasteiger partial charge in [0.2, 0.25) is 0 Å². The highest BCUT2D eigenvalue weighted by Gasteiger charge is 2.34. The van der Waals surface area contributed by atoms with E-state index in [4.69, 9.17) is 0 Å². The van der Waals surface area contributed by atoms with Crippen molar-refractivity contribution >= 4 is 5.91 Å². The highest BCUT2D eigenvalue weighted by atomic mass is 19.4. The fraction of sp³-hybridized carbons (Fsp3) is 0.278. The molecule has 0 aliphatic heterocycles. The van der Waals surface area contributed by atoms with Crippen molar-refractivity contribution in [1.82, 2.24) is 5.32 Å². The van der Waals surface area contributed by atoms with Gasteiger partial charge < -0.3 is 10.4 Å². The molecule has 0 radical (unpaired) electrons. The van der Waals surface area contributed by atoms with Crippen LogP contribution < -0.4 is 5.32 Å². The minimum Gasteiger partial charge on any atom is -0.386 e. The van der Waals surface area contributed by atoms with E-state index >= 15 is 0 Å². The van der Waals surface area contributed by atoms with Gasteiger partial charge in [0, 0.05) is 6.54 Å². The maximum atomic E-state index is 12.9. The van der Waals surface area contributed by atoms with E-state index in [2.05, 4.69) is 5.32 Å². The number of aliphatic hydroxyl groups is 1. The predicted octanol–water partition coefficient (Wildman–Crippen LogP) is 3.86. The topological polar surface area (TPSA) is 49.3 Å². The van der Waals surface area contributed by atoms with Crippen LogP contribution in [0.15, 0.2) is 48.5 Å². The zero-order valence-electron chi connectivity index (χ0n) is 13.3. The lowest BCUT2D eigenvalue weighted by molar-refractivity contribution is -0.137. The smallest absolute Gasteiger partial charge is 0.386 e. The minimum atomic E-state index is -4.58. The molecule has 1 amide bonds. The molecule has 0 unspecified atom stereocenters. The number of amides is 1. The summed E-state index contributed by atoms with van der Waals surface area (Å²) in [5.41, 5.74) is -0.910. The van der Waals surface area contributed by atoms with Crippen molar-refractivity contribution in [3.05, 3.63) is 70.8 Å². The molecule has 0 saturated carbocycles. The van der Waals surface area contributed by atoms with Crippen LogP contribution in [0.5, 0.6) is 0 Å². The van der Waals surface area contributed by atoms with Gasteiger partial charge in [-0.05, 0) is 37.1 Å². The average Bonchev–Trinajstić information content (AvgIpc) is 2.51. The molecule has 0 aliphatic carbocycles. The van der Waals surface area contributed by atoms with E-state index in [9.17, 15) is 23.1 Å². The fourth-order valence-electron chi connectivity index (χ4n) is 2.24. The van der Waals surface area contributed by atoms with Crippen LogP contribution in [0, 0.1) is 0 Å². The monoisotopic (exact) mass is 337 g/mol. The first-order valence-corrected chi connectivity index (χ1v) is 7.35. The third kappa shape index (κ3) is 4.35. The lowest BCUT2D eigenvalue weighted by Gasteiger charge is -2.18. The Morgan fingerprint density at radius 1 is 1.04 bits per heavy atom. The molecular weight excluding hydrogens is 319 g/mol. The van der Waals surface area contributed by atoms with Crippen LogP contribution in [0.2, 0.25) is 0 Å². The molecule has 2 rings (SSSR count). The van der Waals surface area contributed by atoms with Crippen LogP contribution in [0.1, 0.15) is 40.9 Å². The van der Waals surface area contributed by atoms with Crippen LogP contribution in [0.3, 0.4) is 0 Å². The van der Waals surface area contributed by atoms with Gasteiger partial charge in [0.1, 0.15) is 0 Å². The third-order valence-electron chi connectivity index (χ3n) is 3.59. The van der Waals surface area contributed by atoms with E-state index in [1.54, 1.807) is 38.1 Å². The Balaban J connectivity index is 2.09. The number of hydrogen-bond donors (Lipinski definition) is 2. The summed E-state index contributed by atoms with van der Waals surface area (Å²) in [5, 5.41) is 12.4. The molecule has 3 nitrogen and oxygen atoms in total. The molecular formula is C18H18F3NO2. The summed E-state index contributed by atoms with van der Waals surface area (Å²) in [6, 6.07) is 11.5. The van der Waals surface area contributed by atoms with E-state index in [-0.39, 0.29) is 6.54 Å². The SMILES string of the molecule is CC(C)(O)c1ccc(CNC(=O)c2ccccc2C(F)(F)F)cc1. The van der Waals surface area contributed by atoms with Gasteiger partial charge in [0.25, 0.3) is 5.91 Å². The number of rotatable bonds is 4. The Morgan fingerprint density at radius 2 is 1.62 bits per heavy atom. The standard InChI is InChI=1S/C18H18F3NO2/c1-17(2,24)13-9-7-12(8-10-13)11-22-16(23)14-5-3-4-6-15(14)18(19,20)21/h3-10,24H,11H2,1-2H3,(H,22,23). The van der Waals surface area contributed by atoms with E-state index in [0.717, 1.165) is 17.7 Å². The van der Waals surface area contributed by atoms with Crippen LogP contribution in [-0.2, 0) is 18.3 Å². The van der Waals surface area contributed by atoms with Gasteiger partial charge in [0.15, 0.2) is 0 Å². The zero-order valence-corrected chi connectivity index (χ0v) is 13.3. The molecule has 24 heavy (non-hydrogen) atoms. The Hall–Kier alpha value is -2.34. The molecule has 2 aromatic rings. The van der Waals surface area contributed by atoms with Gasteiger partial charge in [-0.15, -0.1) is 0 Å². The largest absolute Gasteiger partial charge is 0.417 e. The van der Waals surface area contributed by atoms with Crippen molar-refractivity contribution in [3.8, 4) is 0 Å². The van der Waals surface area contributed by atoms with Gasteiger partial charge in [0.05, 0.1) is 16.7 Å². The molecule has 6 heteroatoms. The van der Waals surface area contributed by atoms with Crippen LogP contribution in [-0.4, -0.2) is 11.0 Å². The van der Waals surface area contributed by atoms with Gasteiger partial charge in [-0.1, -0.05) is 36.4 Å². The van der Waals surface area contributed by atoms with Crippen LogP contribution in [0.4, 0.5) is 13.2 Å². The first-order valence-electron chi connectivity index (χ1n) is 7.35. The summed E-state index contributed by atoms with van der Waals surface area (Å²) >= 11 is 0. The lowest BCUT2D eigenvalue weighted by atomic mass is 9.97. The van der Waals surface area contributed by atoms with E-state index in [1.807, 2.05) is 0 Å². The average molecular weight is 337 g/mol. The maximum absolute atomic E-state index is 12.9. The Kier molecular flexibility index (Phi) is 4.99. The molecule has 0 atom stereocenters. The molecule has 0 aromatic heterocycles. The van der Waals surface area contributed by atoms with Crippen molar-refractivity contribution < 1.29 is 23.1 Å². The number of halogens is 3. The van der Waals surface area contributed by atoms with Gasteiger partial charge in [-0.25, -0.2) is 0 Å². The second-order valence-corrected chi connectivity index (χ2v) is 5.98. The molecule has 0 saturated heterocycles. The zero-order chi connectivity index (χ0) is 18.0. The van der Waals surface area contributed by atoms with Crippen molar-refractivity contribution in [1.29, 1.82) is 0 Å². The molecule has 0 fully saturated rings. The lowest BCUT2D eigenvalue weighted by Crippen LogP contribution is -2.26. The number of carbonyl (C=O) groups is 1. The third-order valence-corrected chi connectivity index (χ3v) is 3.59. The highest BCUT2D eigenvalue weighted by molar-refractivity contribution is 5.95. The molecule has 0 aliphatic rings. The van der Waals surface area contributed by atoms with Crippen molar-refractivity contribution in [2.24, 2.45) is 0 Å². The molecule has 0 bridgehead atoms. The van der Waals surface area contributed by atoms with Gasteiger partial charge in [-0.2, -0.15) is 13.2 Å². The first kappa shape index (κ1) is 18.0. The number of nitrogens with one attached hydrogen (secondary N) is 1. The second kappa shape index (κ2) is 6.65. The van der Waals surface area contributed by atoms with E-state index < -0.39 is 28.8 Å². The number of alkyl halides is 3. The van der Waals surface area contributed by atoms with Crippen LogP contribution >= 0.6 is 0 Å². The molecule has 2 N–H and O–H groups in total. The van der Waals surface area contributed by atoms with Crippen molar-refractivity contribution in [2.75, 3.05) is 0 Å². The quantitative estimate of drug-likeness (QED) is 0.890. The summed E-state index contributed by atoms with van der Waals surface area (Å²) in [6.07, 6.45) is -4.58. The van der Waals surface area contributed by atoms with E-state index in [0.29, 0.717) is 5.56 Å². The van der Waals surface area contributed by atoms with E-state index in [1.165, 1.54) is 12.1 Å². The molecule has 128 valence electrons. The minimum absolute atomic E-state index is 0.0944. The summed E-state index contributed by atoms with van der Waals surface area (Å²) in [7, 11) is 0. The summed E-state index contributed by atoms with van der Waals surface area (Å²) < 4.78 is 38.8. The second-order valence-electron chi connectivity index (χ2n) is 5.98. The van der Waals surface area contributed by atoms with Crippen molar-refractivity contribution in [2.45, 2.75) is 32.2 Å². The summed E-state index contributed by atoms with van der Waals surface area (Å²) in [4.78, 5) is 12.1. The first-order chi connectivity index (χ1) is 11.1. The van der Waals surface area contributed by atoms with Crippen molar-refractivity contribution in [3.63, 3.8) is 0 Å². The molecule has 0 spiro atoms. The fourth-order valence-corrected chi connectivity index (χ4v) is 2.24. The maximum Gasteiger partial charge on any atom is 0.417 e. The number of benzene rings is 2. The Bertz CT molecular complexity index is 716. The molecule has 0 heterocycles. The van der Waals surface area contributed by atoms with Gasteiger partial charge >= 0.3 is 6.18 Å². The highest BCUT2D eigenvalue weighted by Crippen LogP contribution is 2.31. The molecule has 2 aromatic carbocycles. The Labute approximate surface area is 138 Å². The Morgan fingerprint density at radius 3 is 2.17 bits per heavy atom. The number of hydrogen-bond acceptors (Lipinski definition) is 2. The summed E-state index contributed by atoms with van der Waals surface area (Å²) in [6.45, 7) is 3.40. The predicted molar refractivity (Wildman–Crippen MR) is 84.3 cm³/mol.